The van der Waals surface area contributed by atoms with Crippen molar-refractivity contribution in [3.8, 4) is 0 Å². The van der Waals surface area contributed by atoms with Gasteiger partial charge in [0.25, 0.3) is 0 Å². The molecule has 0 radical (unpaired) electrons. The van der Waals surface area contributed by atoms with E-state index in [4.69, 9.17) is 5.73 Å². The number of primary amides is 1. The molecule has 0 saturated carbocycles. The second kappa shape index (κ2) is 16.8. The average Bonchev–Trinajstić information content (AvgIpc) is 3.44. The summed E-state index contributed by atoms with van der Waals surface area (Å²) >= 11 is 0. The Morgan fingerprint density at radius 3 is 2.30 bits per heavy atom. The number of rotatable bonds is 5. The van der Waals surface area contributed by atoms with E-state index in [2.05, 4.69) is 41.9 Å². The van der Waals surface area contributed by atoms with Crippen molar-refractivity contribution in [2.75, 3.05) is 6.54 Å². The third kappa shape index (κ3) is 11.7. The number of imidazole rings is 1. The van der Waals surface area contributed by atoms with E-state index < -0.39 is 65.7 Å². The number of aromatic nitrogens is 2. The van der Waals surface area contributed by atoms with Gasteiger partial charge in [-0.05, 0) is 38.5 Å². The highest BCUT2D eigenvalue weighted by Gasteiger charge is 2.32. The van der Waals surface area contributed by atoms with Crippen molar-refractivity contribution in [1.82, 2.24) is 41.9 Å². The van der Waals surface area contributed by atoms with Gasteiger partial charge < -0.3 is 42.6 Å². The first-order chi connectivity index (χ1) is 20.3. The molecule has 1 aliphatic heterocycles. The van der Waals surface area contributed by atoms with E-state index in [1.165, 1.54) is 26.4 Å². The Bertz CT molecular complexity index is 1160. The Morgan fingerprint density at radius 1 is 0.977 bits per heavy atom. The molecule has 2 heterocycles. The predicted octanol–water partition coefficient (Wildman–Crippen LogP) is -2.36. The first kappa shape index (κ1) is 34.7. The zero-order valence-corrected chi connectivity index (χ0v) is 25.0. The maximum Gasteiger partial charge on any atom is 0.243 e. The van der Waals surface area contributed by atoms with Crippen LogP contribution in [0.15, 0.2) is 12.5 Å². The number of hydrogen-bond donors (Lipinski definition) is 8. The molecule has 5 unspecified atom stereocenters. The van der Waals surface area contributed by atoms with Crippen molar-refractivity contribution >= 4 is 41.4 Å². The molecular formula is C27H43N9O7. The largest absolute Gasteiger partial charge is 0.368 e. The fourth-order valence-electron chi connectivity index (χ4n) is 4.41. The molecule has 0 spiro atoms. The smallest absolute Gasteiger partial charge is 0.243 e. The van der Waals surface area contributed by atoms with Crippen LogP contribution in [0, 0.1) is 5.92 Å². The van der Waals surface area contributed by atoms with Crippen LogP contribution in [0.3, 0.4) is 0 Å². The lowest BCUT2D eigenvalue weighted by atomic mass is 10.0. The molecule has 16 nitrogen and oxygen atoms in total. The van der Waals surface area contributed by atoms with Crippen LogP contribution in [0.2, 0.25) is 0 Å². The summed E-state index contributed by atoms with van der Waals surface area (Å²) in [5.74, 6) is -4.69. The van der Waals surface area contributed by atoms with Crippen molar-refractivity contribution < 1.29 is 33.6 Å². The molecule has 238 valence electrons. The summed E-state index contributed by atoms with van der Waals surface area (Å²) in [6, 6.07) is -5.49. The topological polar surface area (TPSA) is 246 Å². The van der Waals surface area contributed by atoms with Crippen molar-refractivity contribution in [3.63, 3.8) is 0 Å². The molecule has 2 rings (SSSR count). The van der Waals surface area contributed by atoms with Crippen LogP contribution in [0.5, 0.6) is 0 Å². The van der Waals surface area contributed by atoms with Gasteiger partial charge in [0, 0.05) is 32.5 Å². The minimum Gasteiger partial charge on any atom is -0.368 e. The highest BCUT2D eigenvalue weighted by molar-refractivity contribution is 5.96. The minimum absolute atomic E-state index is 0.0425. The van der Waals surface area contributed by atoms with Crippen LogP contribution in [0.1, 0.15) is 65.5 Å². The van der Waals surface area contributed by atoms with Gasteiger partial charge in [0.15, 0.2) is 0 Å². The summed E-state index contributed by atoms with van der Waals surface area (Å²) in [5.41, 5.74) is 5.94. The molecule has 1 aromatic rings. The van der Waals surface area contributed by atoms with Gasteiger partial charge in [0.2, 0.25) is 41.4 Å². The Kier molecular flexibility index (Phi) is 13.6. The SMILES string of the molecule is CC(=O)NC1CCC(=O)NCCCCC(C(N)=O)NC(=O)C(C(C)C)NC(=O)C(C)NC(=O)C(Cc2c[nH]cn2)NC1=O. The number of hydrogen-bond acceptors (Lipinski definition) is 8. The molecule has 0 aliphatic carbocycles. The van der Waals surface area contributed by atoms with Crippen LogP contribution in [0.4, 0.5) is 0 Å². The van der Waals surface area contributed by atoms with Gasteiger partial charge in [-0.2, -0.15) is 0 Å². The Balaban J connectivity index is 2.34. The summed E-state index contributed by atoms with van der Waals surface area (Å²) in [7, 11) is 0. The molecule has 0 bridgehead atoms. The lowest BCUT2D eigenvalue weighted by Crippen LogP contribution is -2.59. The van der Waals surface area contributed by atoms with E-state index in [0.29, 0.717) is 18.5 Å². The van der Waals surface area contributed by atoms with Crippen LogP contribution < -0.4 is 37.6 Å². The number of nitrogens with zero attached hydrogens (tertiary/aromatic N) is 1. The average molecular weight is 606 g/mol. The standard InChI is InChI=1S/C27H43N9O7/c1-14(2)22-27(43)34-18(23(28)39)7-5-6-10-30-21(38)9-8-19(33-16(4)37)25(41)35-20(11-17-12-29-13-31-17)26(42)32-15(3)24(40)36-22/h12-15,18-20,22H,5-11H2,1-4H3,(H2,28,39)(H,29,31)(H,30,38)(H,32,42)(H,33,37)(H,34,43)(H,35,41)(H,36,40). The van der Waals surface area contributed by atoms with Crippen LogP contribution in [0.25, 0.3) is 0 Å². The number of H-pyrrole nitrogens is 1. The maximum absolute atomic E-state index is 13.3. The van der Waals surface area contributed by atoms with Gasteiger partial charge in [-0.3, -0.25) is 33.6 Å². The Labute approximate surface area is 249 Å². The Hall–Kier alpha value is -4.50. The van der Waals surface area contributed by atoms with E-state index in [-0.39, 0.29) is 44.1 Å². The predicted molar refractivity (Wildman–Crippen MR) is 153 cm³/mol. The van der Waals surface area contributed by atoms with Crippen molar-refractivity contribution in [3.05, 3.63) is 18.2 Å². The monoisotopic (exact) mass is 605 g/mol. The molecular weight excluding hydrogens is 562 g/mol. The maximum atomic E-state index is 13.3. The number of carbonyl (C=O) groups excluding carboxylic acids is 7. The molecule has 9 N–H and O–H groups in total. The van der Waals surface area contributed by atoms with E-state index in [0.717, 1.165) is 0 Å². The minimum atomic E-state index is -1.20. The van der Waals surface area contributed by atoms with Crippen LogP contribution >= 0.6 is 0 Å². The molecule has 1 fully saturated rings. The Morgan fingerprint density at radius 2 is 1.70 bits per heavy atom. The van der Waals surface area contributed by atoms with Gasteiger partial charge in [-0.1, -0.05) is 13.8 Å². The van der Waals surface area contributed by atoms with Crippen LogP contribution in [-0.2, 0) is 40.0 Å². The number of carbonyl (C=O) groups is 7. The molecule has 1 aliphatic rings. The lowest BCUT2D eigenvalue weighted by Gasteiger charge is -2.27. The summed E-state index contributed by atoms with van der Waals surface area (Å²) in [6.07, 6.45) is 3.89. The molecule has 7 amide bonds. The van der Waals surface area contributed by atoms with Gasteiger partial charge >= 0.3 is 0 Å². The fraction of sp³-hybridized carbons (Fsp3) is 0.630. The third-order valence-electron chi connectivity index (χ3n) is 6.86. The van der Waals surface area contributed by atoms with Crippen molar-refractivity contribution in [1.29, 1.82) is 0 Å². The number of amides is 7. The molecule has 5 atom stereocenters. The first-order valence-electron chi connectivity index (χ1n) is 14.3. The van der Waals surface area contributed by atoms with Crippen molar-refractivity contribution in [2.45, 2.75) is 96.4 Å². The molecule has 1 aromatic heterocycles. The highest BCUT2D eigenvalue weighted by atomic mass is 16.2. The summed E-state index contributed by atoms with van der Waals surface area (Å²) < 4.78 is 0. The molecule has 0 aromatic carbocycles. The lowest BCUT2D eigenvalue weighted by molar-refractivity contribution is -0.135. The zero-order chi connectivity index (χ0) is 32.1. The van der Waals surface area contributed by atoms with Gasteiger partial charge in [0.1, 0.15) is 30.2 Å². The normalized spacial score (nSPS) is 25.7. The van der Waals surface area contributed by atoms with Crippen LogP contribution in [-0.4, -0.2) is 88.1 Å². The first-order valence-corrected chi connectivity index (χ1v) is 14.3. The van der Waals surface area contributed by atoms with Crippen molar-refractivity contribution in [2.24, 2.45) is 11.7 Å². The zero-order valence-electron chi connectivity index (χ0n) is 25.0. The highest BCUT2D eigenvalue weighted by Crippen LogP contribution is 2.08. The number of nitrogens with two attached hydrogens (primary N) is 1. The van der Waals surface area contributed by atoms with E-state index in [1.807, 2.05) is 0 Å². The summed E-state index contributed by atoms with van der Waals surface area (Å²) in [4.78, 5) is 95.8. The number of nitrogens with one attached hydrogen (secondary N) is 7. The van der Waals surface area contributed by atoms with Gasteiger partial charge in [0.05, 0.1) is 12.0 Å². The van der Waals surface area contributed by atoms with E-state index in [1.54, 1.807) is 13.8 Å². The third-order valence-corrected chi connectivity index (χ3v) is 6.86. The second-order valence-corrected chi connectivity index (χ2v) is 10.9. The van der Waals surface area contributed by atoms with Gasteiger partial charge in [-0.15, -0.1) is 0 Å². The summed E-state index contributed by atoms with van der Waals surface area (Å²) in [5, 5.41) is 15.6. The summed E-state index contributed by atoms with van der Waals surface area (Å²) in [6.45, 7) is 6.32. The molecule has 1 saturated heterocycles. The van der Waals surface area contributed by atoms with Gasteiger partial charge in [-0.25, -0.2) is 4.98 Å². The second-order valence-electron chi connectivity index (χ2n) is 10.9. The van der Waals surface area contributed by atoms with E-state index in [9.17, 15) is 33.6 Å². The number of aromatic amines is 1. The quantitative estimate of drug-likeness (QED) is 0.180. The molecule has 16 heteroatoms. The molecule has 43 heavy (non-hydrogen) atoms. The van der Waals surface area contributed by atoms with E-state index >= 15 is 0 Å². The fourth-order valence-corrected chi connectivity index (χ4v) is 4.41.